The standard InChI is InChI=1S/C11H11N5S2/c1-6-4-7-9(14-5-8-13-2-3-17-8)15-11(12)16-10(7)18-6/h2-4H,5H2,1H3,(H3,12,14,15,16). The molecule has 3 aromatic rings. The third kappa shape index (κ3) is 2.14. The Hall–Kier alpha value is -1.73. The van der Waals surface area contributed by atoms with Crippen LogP contribution in [-0.4, -0.2) is 15.0 Å². The molecule has 0 aliphatic carbocycles. The molecule has 0 aromatic carbocycles. The molecule has 0 aliphatic heterocycles. The summed E-state index contributed by atoms with van der Waals surface area (Å²) in [6.07, 6.45) is 1.79. The van der Waals surface area contributed by atoms with Crippen LogP contribution in [0.5, 0.6) is 0 Å². The van der Waals surface area contributed by atoms with E-state index in [-0.39, 0.29) is 0 Å². The molecular formula is C11H11N5S2. The second kappa shape index (κ2) is 4.51. The van der Waals surface area contributed by atoms with Gasteiger partial charge >= 0.3 is 0 Å². The topological polar surface area (TPSA) is 76.7 Å². The molecule has 0 bridgehead atoms. The molecule has 0 radical (unpaired) electrons. The number of hydrogen-bond acceptors (Lipinski definition) is 7. The zero-order valence-corrected chi connectivity index (χ0v) is 11.3. The minimum Gasteiger partial charge on any atom is -0.368 e. The van der Waals surface area contributed by atoms with Crippen molar-refractivity contribution in [2.24, 2.45) is 0 Å². The van der Waals surface area contributed by atoms with E-state index in [0.29, 0.717) is 12.5 Å². The molecule has 0 amide bonds. The molecular weight excluding hydrogens is 266 g/mol. The van der Waals surface area contributed by atoms with Crippen molar-refractivity contribution >= 4 is 44.7 Å². The summed E-state index contributed by atoms with van der Waals surface area (Å²) in [6, 6.07) is 2.07. The van der Waals surface area contributed by atoms with Gasteiger partial charge in [-0.05, 0) is 13.0 Å². The first-order valence-electron chi connectivity index (χ1n) is 5.38. The summed E-state index contributed by atoms with van der Waals surface area (Å²) in [5, 5.41) is 7.26. The maximum absolute atomic E-state index is 5.71. The first-order valence-corrected chi connectivity index (χ1v) is 7.08. The third-order valence-corrected chi connectivity index (χ3v) is 4.15. The van der Waals surface area contributed by atoms with Crippen LogP contribution in [-0.2, 0) is 6.54 Å². The van der Waals surface area contributed by atoms with Gasteiger partial charge in [0.1, 0.15) is 15.7 Å². The van der Waals surface area contributed by atoms with E-state index in [2.05, 4.69) is 26.3 Å². The number of nitrogen functional groups attached to an aromatic ring is 1. The number of aromatic nitrogens is 3. The number of thiazole rings is 1. The summed E-state index contributed by atoms with van der Waals surface area (Å²) in [4.78, 5) is 14.8. The largest absolute Gasteiger partial charge is 0.368 e. The molecule has 0 aliphatic rings. The fraction of sp³-hybridized carbons (Fsp3) is 0.182. The van der Waals surface area contributed by atoms with Crippen LogP contribution in [0.2, 0.25) is 0 Å². The Kier molecular flexibility index (Phi) is 2.85. The predicted molar refractivity (Wildman–Crippen MR) is 76.0 cm³/mol. The lowest BCUT2D eigenvalue weighted by Gasteiger charge is -2.05. The van der Waals surface area contributed by atoms with Crippen molar-refractivity contribution in [2.75, 3.05) is 11.1 Å². The summed E-state index contributed by atoms with van der Waals surface area (Å²) in [5.74, 6) is 1.07. The van der Waals surface area contributed by atoms with Crippen molar-refractivity contribution < 1.29 is 0 Å². The SMILES string of the molecule is Cc1cc2c(NCc3nccs3)nc(N)nc2s1. The van der Waals surface area contributed by atoms with E-state index < -0.39 is 0 Å². The fourth-order valence-corrected chi connectivity index (χ4v) is 3.14. The van der Waals surface area contributed by atoms with E-state index in [4.69, 9.17) is 5.73 Å². The number of aryl methyl sites for hydroxylation is 1. The van der Waals surface area contributed by atoms with Gasteiger partial charge in [-0.2, -0.15) is 4.98 Å². The van der Waals surface area contributed by atoms with Crippen LogP contribution < -0.4 is 11.1 Å². The number of nitrogens with one attached hydrogen (secondary N) is 1. The summed E-state index contributed by atoms with van der Waals surface area (Å²) in [6.45, 7) is 2.70. The van der Waals surface area contributed by atoms with E-state index in [1.165, 1.54) is 4.88 Å². The van der Waals surface area contributed by atoms with Crippen molar-refractivity contribution in [1.82, 2.24) is 15.0 Å². The number of thiophene rings is 1. The van der Waals surface area contributed by atoms with E-state index in [9.17, 15) is 0 Å². The van der Waals surface area contributed by atoms with E-state index in [0.717, 1.165) is 21.0 Å². The van der Waals surface area contributed by atoms with Gasteiger partial charge in [0, 0.05) is 16.5 Å². The summed E-state index contributed by atoms with van der Waals surface area (Å²) in [7, 11) is 0. The monoisotopic (exact) mass is 277 g/mol. The molecule has 3 aromatic heterocycles. The Bertz CT molecular complexity index is 674. The van der Waals surface area contributed by atoms with Gasteiger partial charge in [-0.1, -0.05) is 0 Å². The normalized spacial score (nSPS) is 10.9. The minimum absolute atomic E-state index is 0.297. The van der Waals surface area contributed by atoms with E-state index in [1.807, 2.05) is 12.3 Å². The molecule has 0 spiro atoms. The molecule has 0 unspecified atom stereocenters. The maximum Gasteiger partial charge on any atom is 0.223 e. The van der Waals surface area contributed by atoms with Gasteiger partial charge in [0.25, 0.3) is 0 Å². The van der Waals surface area contributed by atoms with Crippen molar-refractivity contribution in [3.63, 3.8) is 0 Å². The van der Waals surface area contributed by atoms with Crippen LogP contribution in [0.3, 0.4) is 0 Å². The van der Waals surface area contributed by atoms with Gasteiger partial charge in [-0.3, -0.25) is 0 Å². The molecule has 7 heteroatoms. The highest BCUT2D eigenvalue weighted by Crippen LogP contribution is 2.29. The molecule has 3 N–H and O–H groups in total. The van der Waals surface area contributed by atoms with E-state index >= 15 is 0 Å². The van der Waals surface area contributed by atoms with Gasteiger partial charge in [-0.25, -0.2) is 9.97 Å². The first-order chi connectivity index (χ1) is 8.72. The average Bonchev–Trinajstić information content (AvgIpc) is 2.93. The molecule has 5 nitrogen and oxygen atoms in total. The lowest BCUT2D eigenvalue weighted by atomic mass is 10.3. The van der Waals surface area contributed by atoms with Gasteiger partial charge in [-0.15, -0.1) is 22.7 Å². The van der Waals surface area contributed by atoms with Crippen molar-refractivity contribution in [3.05, 3.63) is 27.5 Å². The highest BCUT2D eigenvalue weighted by atomic mass is 32.1. The van der Waals surface area contributed by atoms with Crippen LogP contribution in [0.25, 0.3) is 10.2 Å². The van der Waals surface area contributed by atoms with Gasteiger partial charge < -0.3 is 11.1 Å². The Morgan fingerprint density at radius 1 is 1.39 bits per heavy atom. The quantitative estimate of drug-likeness (QED) is 0.769. The maximum atomic E-state index is 5.71. The van der Waals surface area contributed by atoms with Gasteiger partial charge in [0.2, 0.25) is 5.95 Å². The van der Waals surface area contributed by atoms with Crippen LogP contribution >= 0.6 is 22.7 Å². The number of hydrogen-bond donors (Lipinski definition) is 2. The Morgan fingerprint density at radius 3 is 3.06 bits per heavy atom. The van der Waals surface area contributed by atoms with Crippen molar-refractivity contribution in [3.8, 4) is 0 Å². The smallest absolute Gasteiger partial charge is 0.223 e. The highest BCUT2D eigenvalue weighted by molar-refractivity contribution is 7.18. The second-order valence-corrected chi connectivity index (χ2v) is 6.00. The zero-order chi connectivity index (χ0) is 12.5. The molecule has 0 fully saturated rings. The van der Waals surface area contributed by atoms with Crippen LogP contribution in [0, 0.1) is 6.92 Å². The molecule has 3 heterocycles. The molecule has 0 atom stereocenters. The average molecular weight is 277 g/mol. The minimum atomic E-state index is 0.297. The second-order valence-electron chi connectivity index (χ2n) is 3.79. The number of rotatable bonds is 3. The fourth-order valence-electron chi connectivity index (χ4n) is 1.69. The van der Waals surface area contributed by atoms with Crippen LogP contribution in [0.4, 0.5) is 11.8 Å². The van der Waals surface area contributed by atoms with Crippen LogP contribution in [0.1, 0.15) is 9.88 Å². The molecule has 92 valence electrons. The molecule has 0 saturated heterocycles. The van der Waals surface area contributed by atoms with Gasteiger partial charge in [0.15, 0.2) is 0 Å². The summed E-state index contributed by atoms with van der Waals surface area (Å²) in [5.41, 5.74) is 5.71. The van der Waals surface area contributed by atoms with Crippen molar-refractivity contribution in [2.45, 2.75) is 13.5 Å². The number of nitrogens with zero attached hydrogens (tertiary/aromatic N) is 3. The van der Waals surface area contributed by atoms with Crippen molar-refractivity contribution in [1.29, 1.82) is 0 Å². The number of nitrogens with two attached hydrogens (primary N) is 1. The predicted octanol–water partition coefficient (Wildman–Crippen LogP) is 2.65. The Morgan fingerprint density at radius 2 is 2.28 bits per heavy atom. The summed E-state index contributed by atoms with van der Waals surface area (Å²) >= 11 is 3.23. The molecule has 18 heavy (non-hydrogen) atoms. The zero-order valence-electron chi connectivity index (χ0n) is 9.67. The number of fused-ring (bicyclic) bond motifs is 1. The Labute approximate surface area is 112 Å². The summed E-state index contributed by atoms with van der Waals surface area (Å²) < 4.78 is 0. The third-order valence-electron chi connectivity index (χ3n) is 2.42. The van der Waals surface area contributed by atoms with Crippen LogP contribution in [0.15, 0.2) is 17.6 Å². The molecule has 0 saturated carbocycles. The molecule has 3 rings (SSSR count). The Balaban J connectivity index is 1.95. The lowest BCUT2D eigenvalue weighted by molar-refractivity contribution is 1.08. The lowest BCUT2D eigenvalue weighted by Crippen LogP contribution is -2.04. The highest BCUT2D eigenvalue weighted by Gasteiger charge is 2.09. The van der Waals surface area contributed by atoms with E-state index in [1.54, 1.807) is 28.9 Å². The number of anilines is 2. The van der Waals surface area contributed by atoms with Gasteiger partial charge in [0.05, 0.1) is 11.9 Å². The first kappa shape index (κ1) is 11.4.